The van der Waals surface area contributed by atoms with E-state index in [-0.39, 0.29) is 5.56 Å². The highest BCUT2D eigenvalue weighted by atomic mass is 32.1. The van der Waals surface area contributed by atoms with Crippen molar-refractivity contribution in [2.45, 2.75) is 0 Å². The van der Waals surface area contributed by atoms with Crippen LogP contribution >= 0.6 is 12.2 Å². The summed E-state index contributed by atoms with van der Waals surface area (Å²) in [6.45, 7) is 4.83. The van der Waals surface area contributed by atoms with Gasteiger partial charge in [-0.1, -0.05) is 6.07 Å². The van der Waals surface area contributed by atoms with Crippen LogP contribution in [0.25, 0.3) is 0 Å². The van der Waals surface area contributed by atoms with Gasteiger partial charge in [0.15, 0.2) is 5.11 Å². The summed E-state index contributed by atoms with van der Waals surface area (Å²) in [6.07, 6.45) is 1.07. The molecule has 0 aromatic heterocycles. The fraction of sp³-hybridized carbons (Fsp3) is 0.429. The van der Waals surface area contributed by atoms with Crippen LogP contribution in [0.1, 0.15) is 5.56 Å². The molecule has 0 atom stereocenters. The molecule has 0 spiro atoms. The van der Waals surface area contributed by atoms with E-state index < -0.39 is 11.6 Å². The lowest BCUT2D eigenvalue weighted by Gasteiger charge is -2.26. The van der Waals surface area contributed by atoms with E-state index >= 15 is 0 Å². The number of thiocarbonyl (C=S) groups is 1. The second-order valence-corrected chi connectivity index (χ2v) is 5.12. The Morgan fingerprint density at radius 3 is 2.68 bits per heavy atom. The van der Waals surface area contributed by atoms with Crippen LogP contribution in [0.4, 0.5) is 8.78 Å². The summed E-state index contributed by atoms with van der Waals surface area (Å²) in [5.74, 6) is -1.34. The van der Waals surface area contributed by atoms with Gasteiger partial charge in [0.25, 0.3) is 0 Å². The summed E-state index contributed by atoms with van der Waals surface area (Å²) in [7, 11) is 0. The number of ether oxygens (including phenoxy) is 1. The minimum absolute atomic E-state index is 0.203. The van der Waals surface area contributed by atoms with E-state index in [4.69, 9.17) is 17.0 Å². The van der Waals surface area contributed by atoms with Crippen LogP contribution in [-0.4, -0.2) is 55.6 Å². The molecule has 1 heterocycles. The van der Waals surface area contributed by atoms with Crippen molar-refractivity contribution >= 4 is 23.5 Å². The Labute approximate surface area is 133 Å². The Bertz CT molecular complexity index is 515. The number of halogens is 2. The molecule has 1 aliphatic rings. The summed E-state index contributed by atoms with van der Waals surface area (Å²) in [6, 6.07) is 3.64. The Morgan fingerprint density at radius 1 is 1.32 bits per heavy atom. The molecule has 1 fully saturated rings. The molecule has 0 unspecified atom stereocenters. The van der Waals surface area contributed by atoms with Crippen molar-refractivity contribution in [2.24, 2.45) is 5.10 Å². The van der Waals surface area contributed by atoms with E-state index in [0.717, 1.165) is 39.1 Å². The highest BCUT2D eigenvalue weighted by Crippen LogP contribution is 2.08. The van der Waals surface area contributed by atoms with E-state index in [9.17, 15) is 8.78 Å². The highest BCUT2D eigenvalue weighted by Gasteiger charge is 2.09. The molecule has 2 rings (SSSR count). The molecule has 22 heavy (non-hydrogen) atoms. The standard InChI is InChI=1S/C14H18F2N4OS/c15-12-2-1-3-13(16)11(12)10-18-19-14(22)17-4-5-20-6-8-21-9-7-20/h1-3,10H,4-9H2,(H2,17,19,22)/b18-10-. The van der Waals surface area contributed by atoms with Crippen molar-refractivity contribution in [3.8, 4) is 0 Å². The molecule has 0 amide bonds. The number of morpholine rings is 1. The Morgan fingerprint density at radius 2 is 2.00 bits per heavy atom. The van der Waals surface area contributed by atoms with Crippen molar-refractivity contribution in [3.05, 3.63) is 35.4 Å². The number of hydrazone groups is 1. The topological polar surface area (TPSA) is 48.9 Å². The van der Waals surface area contributed by atoms with Gasteiger partial charge in [-0.05, 0) is 24.4 Å². The molecule has 0 bridgehead atoms. The minimum atomic E-state index is -0.670. The zero-order valence-corrected chi connectivity index (χ0v) is 12.8. The maximum absolute atomic E-state index is 13.4. The molecule has 5 nitrogen and oxygen atoms in total. The average Bonchev–Trinajstić information content (AvgIpc) is 2.51. The lowest BCUT2D eigenvalue weighted by molar-refractivity contribution is 0.0389. The monoisotopic (exact) mass is 328 g/mol. The van der Waals surface area contributed by atoms with E-state index in [1.54, 1.807) is 0 Å². The molecule has 0 saturated carbocycles. The first kappa shape index (κ1) is 16.7. The number of rotatable bonds is 5. The van der Waals surface area contributed by atoms with Gasteiger partial charge in [0, 0.05) is 26.2 Å². The Hall–Kier alpha value is -1.64. The van der Waals surface area contributed by atoms with Crippen LogP contribution in [0, 0.1) is 11.6 Å². The molecular weight excluding hydrogens is 310 g/mol. The van der Waals surface area contributed by atoms with Gasteiger partial charge >= 0.3 is 0 Å². The van der Waals surface area contributed by atoms with Gasteiger partial charge in [-0.2, -0.15) is 5.10 Å². The molecule has 1 aromatic carbocycles. The summed E-state index contributed by atoms with van der Waals surface area (Å²) < 4.78 is 32.0. The lowest BCUT2D eigenvalue weighted by atomic mass is 10.2. The van der Waals surface area contributed by atoms with Gasteiger partial charge in [-0.25, -0.2) is 8.78 Å². The van der Waals surface area contributed by atoms with Crippen molar-refractivity contribution in [1.82, 2.24) is 15.6 Å². The fourth-order valence-electron chi connectivity index (χ4n) is 1.98. The summed E-state index contributed by atoms with van der Waals surface area (Å²) in [4.78, 5) is 2.26. The number of hydrogen-bond donors (Lipinski definition) is 2. The zero-order valence-electron chi connectivity index (χ0n) is 12.0. The highest BCUT2D eigenvalue weighted by molar-refractivity contribution is 7.80. The number of benzene rings is 1. The minimum Gasteiger partial charge on any atom is -0.379 e. The van der Waals surface area contributed by atoms with Gasteiger partial charge in [-0.3, -0.25) is 10.3 Å². The van der Waals surface area contributed by atoms with Crippen molar-refractivity contribution < 1.29 is 13.5 Å². The van der Waals surface area contributed by atoms with Crippen LogP contribution in [0.5, 0.6) is 0 Å². The molecule has 8 heteroatoms. The molecule has 0 radical (unpaired) electrons. The SMILES string of the molecule is Fc1cccc(F)c1/C=N\NC(=S)NCCN1CCOCC1. The predicted octanol–water partition coefficient (Wildman–Crippen LogP) is 1.10. The van der Waals surface area contributed by atoms with Gasteiger partial charge < -0.3 is 10.1 Å². The van der Waals surface area contributed by atoms with E-state index in [0.29, 0.717) is 11.7 Å². The zero-order chi connectivity index (χ0) is 15.8. The van der Waals surface area contributed by atoms with Crippen LogP contribution in [0.3, 0.4) is 0 Å². The maximum atomic E-state index is 13.4. The maximum Gasteiger partial charge on any atom is 0.187 e. The van der Waals surface area contributed by atoms with Crippen LogP contribution in [-0.2, 0) is 4.74 Å². The number of nitrogens with one attached hydrogen (secondary N) is 2. The van der Waals surface area contributed by atoms with Crippen LogP contribution in [0.2, 0.25) is 0 Å². The molecule has 1 aromatic rings. The third-order valence-electron chi connectivity index (χ3n) is 3.18. The second-order valence-electron chi connectivity index (χ2n) is 4.72. The average molecular weight is 328 g/mol. The quantitative estimate of drug-likeness (QED) is 0.481. The second kappa shape index (κ2) is 8.72. The molecule has 1 saturated heterocycles. The first-order valence-electron chi connectivity index (χ1n) is 6.98. The number of nitrogens with zero attached hydrogens (tertiary/aromatic N) is 2. The van der Waals surface area contributed by atoms with Gasteiger partial charge in [0.2, 0.25) is 0 Å². The van der Waals surface area contributed by atoms with Gasteiger partial charge in [0.1, 0.15) is 11.6 Å². The third-order valence-corrected chi connectivity index (χ3v) is 3.41. The summed E-state index contributed by atoms with van der Waals surface area (Å²) >= 11 is 5.04. The van der Waals surface area contributed by atoms with Crippen molar-refractivity contribution in [1.29, 1.82) is 0 Å². The Balaban J connectivity index is 1.70. The molecular formula is C14H18F2N4OS. The van der Waals surface area contributed by atoms with E-state index in [1.165, 1.54) is 18.2 Å². The largest absolute Gasteiger partial charge is 0.379 e. The third kappa shape index (κ3) is 5.28. The fourth-order valence-corrected chi connectivity index (χ4v) is 2.14. The Kier molecular flexibility index (Phi) is 6.63. The first-order chi connectivity index (χ1) is 10.7. The van der Waals surface area contributed by atoms with Crippen LogP contribution < -0.4 is 10.7 Å². The van der Waals surface area contributed by atoms with Crippen molar-refractivity contribution in [2.75, 3.05) is 39.4 Å². The molecule has 0 aliphatic carbocycles. The summed E-state index contributed by atoms with van der Waals surface area (Å²) in [5, 5.41) is 7.03. The molecule has 1 aliphatic heterocycles. The summed E-state index contributed by atoms with van der Waals surface area (Å²) in [5.41, 5.74) is 2.33. The predicted molar refractivity (Wildman–Crippen MR) is 84.9 cm³/mol. The van der Waals surface area contributed by atoms with E-state index in [2.05, 4.69) is 20.7 Å². The molecule has 2 N–H and O–H groups in total. The normalized spacial score (nSPS) is 15.9. The van der Waals surface area contributed by atoms with Gasteiger partial charge in [0.05, 0.1) is 25.0 Å². The number of hydrogen-bond acceptors (Lipinski definition) is 4. The van der Waals surface area contributed by atoms with Crippen LogP contribution in [0.15, 0.2) is 23.3 Å². The molecule has 120 valence electrons. The smallest absolute Gasteiger partial charge is 0.187 e. The van der Waals surface area contributed by atoms with Crippen molar-refractivity contribution in [3.63, 3.8) is 0 Å². The first-order valence-corrected chi connectivity index (χ1v) is 7.38. The van der Waals surface area contributed by atoms with E-state index in [1.807, 2.05) is 0 Å². The van der Waals surface area contributed by atoms with Gasteiger partial charge in [-0.15, -0.1) is 0 Å². The lowest BCUT2D eigenvalue weighted by Crippen LogP contribution is -2.42.